The number of hydrogen-bond acceptors (Lipinski definition) is 4. The van der Waals surface area contributed by atoms with Crippen LogP contribution in [-0.4, -0.2) is 43.8 Å². The van der Waals surface area contributed by atoms with Crippen LogP contribution in [0.15, 0.2) is 34.6 Å². The third kappa shape index (κ3) is 6.21. The number of aromatic nitrogens is 1. The lowest BCUT2D eigenvalue weighted by Crippen LogP contribution is -2.41. The molecule has 2 aromatic rings. The van der Waals surface area contributed by atoms with Gasteiger partial charge < -0.3 is 15.4 Å². The Morgan fingerprint density at radius 1 is 1.31 bits per heavy atom. The van der Waals surface area contributed by atoms with Gasteiger partial charge in [0.05, 0.1) is 11.8 Å². The molecule has 1 unspecified atom stereocenters. The SMILES string of the molecule is CN=C(NCCc1csc(-c2ccc(C)cc2)n1)NCC1CCCO1.I. The van der Waals surface area contributed by atoms with Crippen molar-refractivity contribution in [3.05, 3.63) is 40.9 Å². The quantitative estimate of drug-likeness (QED) is 0.372. The summed E-state index contributed by atoms with van der Waals surface area (Å²) in [5.74, 6) is 0.824. The van der Waals surface area contributed by atoms with Gasteiger partial charge >= 0.3 is 0 Å². The van der Waals surface area contributed by atoms with Crippen LogP contribution in [0.1, 0.15) is 24.1 Å². The lowest BCUT2D eigenvalue weighted by molar-refractivity contribution is 0.114. The van der Waals surface area contributed by atoms with Crippen LogP contribution < -0.4 is 10.6 Å². The smallest absolute Gasteiger partial charge is 0.191 e. The molecule has 1 aliphatic rings. The van der Waals surface area contributed by atoms with Crippen LogP contribution in [0.25, 0.3) is 10.6 Å². The predicted molar refractivity (Wildman–Crippen MR) is 120 cm³/mol. The third-order valence-corrected chi connectivity index (χ3v) is 5.21. The molecular formula is C19H27IN4OS. The van der Waals surface area contributed by atoms with Gasteiger partial charge in [-0.1, -0.05) is 29.8 Å². The molecule has 142 valence electrons. The Labute approximate surface area is 176 Å². The van der Waals surface area contributed by atoms with Gasteiger partial charge in [-0.05, 0) is 19.8 Å². The molecule has 0 radical (unpaired) electrons. The minimum absolute atomic E-state index is 0. The molecule has 0 spiro atoms. The van der Waals surface area contributed by atoms with Crippen molar-refractivity contribution in [2.45, 2.75) is 32.3 Å². The second-order valence-corrected chi connectivity index (χ2v) is 7.13. The maximum Gasteiger partial charge on any atom is 0.191 e. The predicted octanol–water partition coefficient (Wildman–Crippen LogP) is 3.62. The number of aryl methyl sites for hydroxylation is 1. The Morgan fingerprint density at radius 3 is 2.81 bits per heavy atom. The minimum atomic E-state index is 0. The van der Waals surface area contributed by atoms with Crippen molar-refractivity contribution in [3.63, 3.8) is 0 Å². The molecule has 5 nitrogen and oxygen atoms in total. The Kier molecular flexibility index (Phi) is 8.80. The summed E-state index contributed by atoms with van der Waals surface area (Å²) < 4.78 is 5.62. The zero-order valence-electron chi connectivity index (χ0n) is 15.3. The van der Waals surface area contributed by atoms with Crippen molar-refractivity contribution in [1.29, 1.82) is 0 Å². The summed E-state index contributed by atoms with van der Waals surface area (Å²) in [6, 6.07) is 8.52. The van der Waals surface area contributed by atoms with Crippen molar-refractivity contribution in [1.82, 2.24) is 15.6 Å². The molecule has 1 aromatic heterocycles. The Bertz CT molecular complexity index is 696. The van der Waals surface area contributed by atoms with Gasteiger partial charge in [0, 0.05) is 44.1 Å². The normalized spacial score (nSPS) is 17.0. The summed E-state index contributed by atoms with van der Waals surface area (Å²) in [4.78, 5) is 9.00. The molecule has 3 rings (SSSR count). The summed E-state index contributed by atoms with van der Waals surface area (Å²) >= 11 is 1.70. The number of hydrogen-bond donors (Lipinski definition) is 2. The van der Waals surface area contributed by atoms with Gasteiger partial charge in [0.15, 0.2) is 5.96 Å². The second-order valence-electron chi connectivity index (χ2n) is 6.27. The summed E-state index contributed by atoms with van der Waals surface area (Å²) in [6.07, 6.45) is 3.48. The minimum Gasteiger partial charge on any atom is -0.376 e. The van der Waals surface area contributed by atoms with Crippen molar-refractivity contribution in [3.8, 4) is 10.6 Å². The lowest BCUT2D eigenvalue weighted by atomic mass is 10.2. The molecule has 0 amide bonds. The zero-order chi connectivity index (χ0) is 17.5. The van der Waals surface area contributed by atoms with E-state index in [1.165, 1.54) is 11.1 Å². The molecule has 0 saturated carbocycles. The van der Waals surface area contributed by atoms with Crippen LogP contribution in [0.5, 0.6) is 0 Å². The molecule has 26 heavy (non-hydrogen) atoms. The first-order valence-electron chi connectivity index (χ1n) is 8.82. The van der Waals surface area contributed by atoms with Crippen LogP contribution in [-0.2, 0) is 11.2 Å². The van der Waals surface area contributed by atoms with Crippen molar-refractivity contribution >= 4 is 41.3 Å². The fourth-order valence-corrected chi connectivity index (χ4v) is 3.66. The van der Waals surface area contributed by atoms with Crippen LogP contribution in [0.2, 0.25) is 0 Å². The van der Waals surface area contributed by atoms with Gasteiger partial charge in [-0.25, -0.2) is 4.98 Å². The average molecular weight is 486 g/mol. The van der Waals surface area contributed by atoms with Crippen LogP contribution in [0.3, 0.4) is 0 Å². The molecule has 1 saturated heterocycles. The van der Waals surface area contributed by atoms with E-state index in [4.69, 9.17) is 9.72 Å². The molecule has 1 atom stereocenters. The van der Waals surface area contributed by atoms with E-state index in [-0.39, 0.29) is 24.0 Å². The number of nitrogens with zero attached hydrogens (tertiary/aromatic N) is 2. The average Bonchev–Trinajstić information content (AvgIpc) is 3.30. The number of ether oxygens (including phenoxy) is 1. The Morgan fingerprint density at radius 2 is 2.12 bits per heavy atom. The number of aliphatic imine (C=N–C) groups is 1. The number of halogens is 1. The highest BCUT2D eigenvalue weighted by atomic mass is 127. The van der Waals surface area contributed by atoms with E-state index in [2.05, 4.69) is 52.2 Å². The molecule has 1 aromatic carbocycles. The summed E-state index contributed by atoms with van der Waals surface area (Å²) in [5, 5.41) is 9.89. The Balaban J connectivity index is 0.00000243. The van der Waals surface area contributed by atoms with E-state index in [1.807, 2.05) is 0 Å². The molecular weight excluding hydrogens is 459 g/mol. The van der Waals surface area contributed by atoms with Gasteiger partial charge in [-0.15, -0.1) is 35.3 Å². The molecule has 1 fully saturated rings. The highest BCUT2D eigenvalue weighted by molar-refractivity contribution is 14.0. The highest BCUT2D eigenvalue weighted by Gasteiger charge is 2.15. The van der Waals surface area contributed by atoms with Crippen molar-refractivity contribution in [2.75, 3.05) is 26.7 Å². The second kappa shape index (κ2) is 10.8. The van der Waals surface area contributed by atoms with Crippen molar-refractivity contribution < 1.29 is 4.74 Å². The number of rotatable bonds is 6. The van der Waals surface area contributed by atoms with Gasteiger partial charge in [-0.3, -0.25) is 4.99 Å². The summed E-state index contributed by atoms with van der Waals surface area (Å²) in [7, 11) is 1.79. The molecule has 2 heterocycles. The summed E-state index contributed by atoms with van der Waals surface area (Å²) in [5.41, 5.74) is 3.57. The van der Waals surface area contributed by atoms with E-state index >= 15 is 0 Å². The first-order valence-corrected chi connectivity index (χ1v) is 9.70. The van der Waals surface area contributed by atoms with Gasteiger partial charge in [0.25, 0.3) is 0 Å². The molecule has 0 aliphatic carbocycles. The van der Waals surface area contributed by atoms with Crippen LogP contribution in [0, 0.1) is 6.92 Å². The van der Waals surface area contributed by atoms with E-state index in [0.29, 0.717) is 6.10 Å². The van der Waals surface area contributed by atoms with Crippen LogP contribution >= 0.6 is 35.3 Å². The standard InChI is InChI=1S/C19H26N4OS.HI/c1-14-5-7-15(8-6-14)18-23-16(13-25-18)9-10-21-19(20-2)22-12-17-4-3-11-24-17;/h5-8,13,17H,3-4,9-12H2,1-2H3,(H2,20,21,22);1H. The van der Waals surface area contributed by atoms with Crippen molar-refractivity contribution in [2.24, 2.45) is 4.99 Å². The topological polar surface area (TPSA) is 58.5 Å². The van der Waals surface area contributed by atoms with E-state index in [0.717, 1.165) is 55.6 Å². The van der Waals surface area contributed by atoms with E-state index in [9.17, 15) is 0 Å². The fourth-order valence-electron chi connectivity index (χ4n) is 2.80. The van der Waals surface area contributed by atoms with Gasteiger partial charge in [-0.2, -0.15) is 0 Å². The number of benzene rings is 1. The maximum atomic E-state index is 5.62. The first-order chi connectivity index (χ1) is 12.2. The first kappa shape index (κ1) is 21.1. The number of nitrogens with one attached hydrogen (secondary N) is 2. The van der Waals surface area contributed by atoms with Gasteiger partial charge in [0.1, 0.15) is 5.01 Å². The highest BCUT2D eigenvalue weighted by Crippen LogP contribution is 2.24. The van der Waals surface area contributed by atoms with E-state index in [1.54, 1.807) is 18.4 Å². The molecule has 7 heteroatoms. The monoisotopic (exact) mass is 486 g/mol. The number of thiazole rings is 1. The maximum absolute atomic E-state index is 5.62. The lowest BCUT2D eigenvalue weighted by Gasteiger charge is -2.14. The molecule has 1 aliphatic heterocycles. The fraction of sp³-hybridized carbons (Fsp3) is 0.474. The summed E-state index contributed by atoms with van der Waals surface area (Å²) in [6.45, 7) is 4.60. The van der Waals surface area contributed by atoms with Crippen LogP contribution in [0.4, 0.5) is 0 Å². The molecule has 0 bridgehead atoms. The largest absolute Gasteiger partial charge is 0.376 e. The third-order valence-electron chi connectivity index (χ3n) is 4.27. The van der Waals surface area contributed by atoms with E-state index < -0.39 is 0 Å². The zero-order valence-corrected chi connectivity index (χ0v) is 18.5. The molecule has 2 N–H and O–H groups in total. The number of guanidine groups is 1. The Hall–Kier alpha value is -1.19. The van der Waals surface area contributed by atoms with Gasteiger partial charge in [0.2, 0.25) is 0 Å².